The minimum atomic E-state index is -0.508. The van der Waals surface area contributed by atoms with Crippen LogP contribution < -0.4 is 10.1 Å². The highest BCUT2D eigenvalue weighted by Crippen LogP contribution is 2.34. The number of ether oxygens (including phenoxy) is 2. The summed E-state index contributed by atoms with van der Waals surface area (Å²) in [5.41, 5.74) is 4.09. The number of aromatic nitrogens is 3. The van der Waals surface area contributed by atoms with E-state index in [-0.39, 0.29) is 12.1 Å². The van der Waals surface area contributed by atoms with Gasteiger partial charge in [-0.2, -0.15) is 15.2 Å². The fourth-order valence-electron chi connectivity index (χ4n) is 3.86. The summed E-state index contributed by atoms with van der Waals surface area (Å²) in [7, 11) is 0. The number of thiazole rings is 1. The molecule has 1 saturated heterocycles. The largest absolute Gasteiger partial charge is 0.444 e. The molecule has 3 aromatic rings. The molecule has 178 valence electrons. The number of carbonyl (C=O) groups excluding carboxylic acids is 1. The lowest BCUT2D eigenvalue weighted by Crippen LogP contribution is -2.44. The molecule has 0 radical (unpaired) electrons. The van der Waals surface area contributed by atoms with Crippen molar-refractivity contribution in [1.82, 2.24) is 19.9 Å². The van der Waals surface area contributed by atoms with Gasteiger partial charge < -0.3 is 19.7 Å². The van der Waals surface area contributed by atoms with Crippen molar-refractivity contribution in [3.63, 3.8) is 0 Å². The first-order valence-electron chi connectivity index (χ1n) is 11.2. The van der Waals surface area contributed by atoms with Gasteiger partial charge in [-0.25, -0.2) is 9.78 Å². The van der Waals surface area contributed by atoms with Gasteiger partial charge in [-0.05, 0) is 70.7 Å². The molecule has 0 spiro atoms. The molecule has 0 unspecified atom stereocenters. The monoisotopic (exact) mass is 480 g/mol. The van der Waals surface area contributed by atoms with Crippen LogP contribution in [0.3, 0.4) is 0 Å². The highest BCUT2D eigenvalue weighted by molar-refractivity contribution is 7.16. The third-order valence-electron chi connectivity index (χ3n) is 5.43. The van der Waals surface area contributed by atoms with Crippen LogP contribution in [0.5, 0.6) is 11.6 Å². The minimum Gasteiger partial charge on any atom is -0.444 e. The number of aryl methyl sites for hydroxylation is 2. The molecule has 34 heavy (non-hydrogen) atoms. The summed E-state index contributed by atoms with van der Waals surface area (Å²) in [5, 5.41) is 12.6. The maximum absolute atomic E-state index is 12.3. The molecule has 3 heterocycles. The lowest BCUT2D eigenvalue weighted by molar-refractivity contribution is 0.0210. The molecule has 0 bridgehead atoms. The number of amides is 1. The van der Waals surface area contributed by atoms with Gasteiger partial charge in [0.2, 0.25) is 5.95 Å². The van der Waals surface area contributed by atoms with E-state index in [1.54, 1.807) is 22.5 Å². The Morgan fingerprint density at radius 2 is 1.88 bits per heavy atom. The molecule has 1 aliphatic heterocycles. The number of likely N-dealkylation sites (tertiary alicyclic amines) is 1. The molecule has 0 saturated carbocycles. The van der Waals surface area contributed by atoms with Crippen LogP contribution in [0.4, 0.5) is 10.7 Å². The van der Waals surface area contributed by atoms with Gasteiger partial charge in [-0.1, -0.05) is 0 Å². The van der Waals surface area contributed by atoms with E-state index >= 15 is 0 Å². The predicted octanol–water partition coefficient (Wildman–Crippen LogP) is 5.18. The second-order valence-corrected chi connectivity index (χ2v) is 10.2. The Morgan fingerprint density at radius 1 is 1.21 bits per heavy atom. The van der Waals surface area contributed by atoms with Gasteiger partial charge in [0.05, 0.1) is 17.1 Å². The lowest BCUT2D eigenvalue weighted by Gasteiger charge is -2.33. The van der Waals surface area contributed by atoms with Gasteiger partial charge in [-0.15, -0.1) is 11.3 Å². The van der Waals surface area contributed by atoms with E-state index in [1.165, 1.54) is 11.3 Å². The Morgan fingerprint density at radius 3 is 2.50 bits per heavy atom. The van der Waals surface area contributed by atoms with Crippen molar-refractivity contribution in [1.29, 1.82) is 5.26 Å². The van der Waals surface area contributed by atoms with Crippen LogP contribution in [0, 0.1) is 25.2 Å². The molecule has 1 aliphatic rings. The number of anilines is 1. The molecular formula is C24H28N6O3S. The molecule has 0 aliphatic carbocycles. The highest BCUT2D eigenvalue weighted by atomic mass is 32.1. The first-order valence-corrected chi connectivity index (χ1v) is 12.1. The number of piperidine rings is 1. The van der Waals surface area contributed by atoms with E-state index in [0.29, 0.717) is 41.7 Å². The predicted molar refractivity (Wildman–Crippen MR) is 130 cm³/mol. The summed E-state index contributed by atoms with van der Waals surface area (Å²) in [5.74, 6) is 1.49. The number of hydrogen-bond acceptors (Lipinski definition) is 9. The van der Waals surface area contributed by atoms with Gasteiger partial charge in [-0.3, -0.25) is 0 Å². The van der Waals surface area contributed by atoms with Gasteiger partial charge in [0.1, 0.15) is 11.4 Å². The Hall–Kier alpha value is -3.45. The maximum atomic E-state index is 12.3. The average Bonchev–Trinajstić information content (AvgIpc) is 3.24. The quantitative estimate of drug-likeness (QED) is 0.543. The second-order valence-electron chi connectivity index (χ2n) is 9.40. The first kappa shape index (κ1) is 23.7. The zero-order valence-corrected chi connectivity index (χ0v) is 20.8. The number of nitrogens with zero attached hydrogens (tertiary/aromatic N) is 5. The third kappa shape index (κ3) is 5.37. The fraction of sp³-hybridized carbons (Fsp3) is 0.458. The summed E-state index contributed by atoms with van der Waals surface area (Å²) in [4.78, 5) is 28.4. The van der Waals surface area contributed by atoms with E-state index < -0.39 is 5.60 Å². The summed E-state index contributed by atoms with van der Waals surface area (Å²) in [6.07, 6.45) is 1.23. The zero-order valence-electron chi connectivity index (χ0n) is 20.0. The van der Waals surface area contributed by atoms with Crippen LogP contribution in [0.15, 0.2) is 17.6 Å². The molecule has 0 atom stereocenters. The van der Waals surface area contributed by atoms with Gasteiger partial charge in [0.25, 0.3) is 5.88 Å². The molecule has 1 aromatic carbocycles. The molecule has 10 heteroatoms. The summed E-state index contributed by atoms with van der Waals surface area (Å²) in [6.45, 7) is 10.6. The van der Waals surface area contributed by atoms with E-state index in [1.807, 2.05) is 34.6 Å². The SMILES string of the molecule is Cc1cc(C#N)cc(C)c1Oc1nc(NC2CCN(C(=O)OC(C)(C)C)CC2)nc2scnc12. The molecule has 1 amide bonds. The number of hydrogen-bond donors (Lipinski definition) is 1. The van der Waals surface area contributed by atoms with Crippen molar-refractivity contribution in [2.24, 2.45) is 0 Å². The zero-order chi connectivity index (χ0) is 24.5. The van der Waals surface area contributed by atoms with Crippen molar-refractivity contribution >= 4 is 33.7 Å². The van der Waals surface area contributed by atoms with Crippen molar-refractivity contribution in [2.45, 2.75) is 59.1 Å². The summed E-state index contributed by atoms with van der Waals surface area (Å²) < 4.78 is 11.7. The van der Waals surface area contributed by atoms with E-state index in [4.69, 9.17) is 9.47 Å². The van der Waals surface area contributed by atoms with Crippen LogP contribution in [-0.4, -0.2) is 50.7 Å². The van der Waals surface area contributed by atoms with Crippen LogP contribution in [0.1, 0.15) is 50.3 Å². The molecule has 9 nitrogen and oxygen atoms in total. The third-order valence-corrected chi connectivity index (χ3v) is 6.15. The minimum absolute atomic E-state index is 0.121. The van der Waals surface area contributed by atoms with Crippen molar-refractivity contribution < 1.29 is 14.3 Å². The summed E-state index contributed by atoms with van der Waals surface area (Å²) in [6, 6.07) is 5.87. The van der Waals surface area contributed by atoms with Crippen LogP contribution in [-0.2, 0) is 4.74 Å². The average molecular weight is 481 g/mol. The van der Waals surface area contributed by atoms with Crippen LogP contribution in [0.25, 0.3) is 10.3 Å². The van der Waals surface area contributed by atoms with Crippen LogP contribution in [0.2, 0.25) is 0 Å². The Balaban J connectivity index is 1.49. The number of fused-ring (bicyclic) bond motifs is 1. The highest BCUT2D eigenvalue weighted by Gasteiger charge is 2.27. The molecule has 1 fully saturated rings. The van der Waals surface area contributed by atoms with Crippen LogP contribution >= 0.6 is 11.3 Å². The maximum Gasteiger partial charge on any atom is 0.410 e. The standard InChI is InChI=1S/C24H28N6O3S/c1-14-10-16(12-25)11-15(2)19(14)32-20-18-21(34-13-26-18)29-22(28-20)27-17-6-8-30(9-7-17)23(31)33-24(3,4)5/h10-11,13,17H,6-9H2,1-5H3,(H,27,28,29). The van der Waals surface area contributed by atoms with Crippen molar-refractivity contribution in [2.75, 3.05) is 18.4 Å². The fourth-order valence-corrected chi connectivity index (χ4v) is 4.51. The van der Waals surface area contributed by atoms with Gasteiger partial charge in [0, 0.05) is 19.1 Å². The first-order chi connectivity index (χ1) is 16.1. The second kappa shape index (κ2) is 9.43. The number of rotatable bonds is 4. The molecule has 4 rings (SSSR count). The Kier molecular flexibility index (Phi) is 6.57. The van der Waals surface area contributed by atoms with E-state index in [2.05, 4.69) is 26.3 Å². The Bertz CT molecular complexity index is 1230. The summed E-state index contributed by atoms with van der Waals surface area (Å²) >= 11 is 1.42. The molecule has 1 N–H and O–H groups in total. The van der Waals surface area contributed by atoms with E-state index in [0.717, 1.165) is 28.8 Å². The van der Waals surface area contributed by atoms with E-state index in [9.17, 15) is 10.1 Å². The lowest BCUT2D eigenvalue weighted by atomic mass is 10.1. The number of nitrogens with one attached hydrogen (secondary N) is 1. The number of carbonyl (C=O) groups is 1. The topological polar surface area (TPSA) is 113 Å². The van der Waals surface area contributed by atoms with Crippen molar-refractivity contribution in [3.8, 4) is 17.7 Å². The normalized spacial score (nSPS) is 14.6. The molecular weight excluding hydrogens is 452 g/mol. The molecule has 2 aromatic heterocycles. The van der Waals surface area contributed by atoms with Gasteiger partial charge in [0.15, 0.2) is 10.3 Å². The number of nitriles is 1. The smallest absolute Gasteiger partial charge is 0.410 e. The number of benzene rings is 1. The van der Waals surface area contributed by atoms with Gasteiger partial charge >= 0.3 is 6.09 Å². The Labute approximate surface area is 202 Å². The van der Waals surface area contributed by atoms with Crippen molar-refractivity contribution in [3.05, 3.63) is 34.3 Å².